The maximum Gasteiger partial charge on any atom is 0.107 e. The van der Waals surface area contributed by atoms with Crippen LogP contribution < -0.4 is 11.1 Å². The van der Waals surface area contributed by atoms with Crippen LogP contribution in [0.4, 0.5) is 5.69 Å². The summed E-state index contributed by atoms with van der Waals surface area (Å²) in [6.07, 6.45) is 2.95. The molecule has 21 heavy (non-hydrogen) atoms. The number of pyridine rings is 1. The summed E-state index contributed by atoms with van der Waals surface area (Å²) in [6, 6.07) is 1.98. The van der Waals surface area contributed by atoms with Crippen molar-refractivity contribution < 1.29 is 0 Å². The van der Waals surface area contributed by atoms with E-state index >= 15 is 0 Å². The molecule has 0 atom stereocenters. The molecule has 2 rings (SSSR count). The molecule has 112 valence electrons. The van der Waals surface area contributed by atoms with Crippen LogP contribution >= 0.6 is 12.2 Å². The SMILES string of the molecule is CCc1nn(C)cc1CNc1cc(C)nc(C)c1C(N)=S. The van der Waals surface area contributed by atoms with Gasteiger partial charge in [-0.2, -0.15) is 5.10 Å². The average Bonchev–Trinajstić information content (AvgIpc) is 2.75. The van der Waals surface area contributed by atoms with Crippen molar-refractivity contribution >= 4 is 22.9 Å². The Bertz CT molecular complexity index is 675. The van der Waals surface area contributed by atoms with E-state index in [9.17, 15) is 0 Å². The average molecular weight is 303 g/mol. The smallest absolute Gasteiger partial charge is 0.107 e. The van der Waals surface area contributed by atoms with Gasteiger partial charge >= 0.3 is 0 Å². The highest BCUT2D eigenvalue weighted by molar-refractivity contribution is 7.80. The molecule has 0 saturated carbocycles. The second-order valence-electron chi connectivity index (χ2n) is 5.12. The summed E-state index contributed by atoms with van der Waals surface area (Å²) in [5, 5.41) is 7.87. The molecule has 0 bridgehead atoms. The molecular formula is C15H21N5S. The molecule has 6 heteroatoms. The van der Waals surface area contributed by atoms with E-state index in [2.05, 4.69) is 22.3 Å². The number of thiocarbonyl (C=S) groups is 1. The van der Waals surface area contributed by atoms with Gasteiger partial charge in [0.2, 0.25) is 0 Å². The van der Waals surface area contributed by atoms with Crippen molar-refractivity contribution in [3.05, 3.63) is 40.5 Å². The summed E-state index contributed by atoms with van der Waals surface area (Å²) in [5.41, 5.74) is 11.7. The number of nitrogens with zero attached hydrogens (tertiary/aromatic N) is 3. The molecule has 0 unspecified atom stereocenters. The van der Waals surface area contributed by atoms with E-state index in [1.807, 2.05) is 37.8 Å². The summed E-state index contributed by atoms with van der Waals surface area (Å²) < 4.78 is 1.84. The highest BCUT2D eigenvalue weighted by Gasteiger charge is 2.12. The van der Waals surface area contributed by atoms with Crippen LogP contribution in [-0.4, -0.2) is 19.8 Å². The fourth-order valence-electron chi connectivity index (χ4n) is 2.50. The molecule has 0 radical (unpaired) electrons. The monoisotopic (exact) mass is 303 g/mol. The summed E-state index contributed by atoms with van der Waals surface area (Å²) in [6.45, 7) is 6.68. The first-order valence-electron chi connectivity index (χ1n) is 6.95. The topological polar surface area (TPSA) is 68.8 Å². The molecule has 0 spiro atoms. The third-order valence-electron chi connectivity index (χ3n) is 3.37. The number of aryl methyl sites for hydroxylation is 4. The number of anilines is 1. The number of aromatic nitrogens is 3. The maximum atomic E-state index is 5.83. The quantitative estimate of drug-likeness (QED) is 0.829. The molecule has 0 aromatic carbocycles. The first-order chi connectivity index (χ1) is 9.92. The molecule has 0 fully saturated rings. The third kappa shape index (κ3) is 3.39. The summed E-state index contributed by atoms with van der Waals surface area (Å²) in [7, 11) is 1.93. The fourth-order valence-corrected chi connectivity index (χ4v) is 2.76. The Morgan fingerprint density at radius 1 is 1.43 bits per heavy atom. The van der Waals surface area contributed by atoms with E-state index < -0.39 is 0 Å². The molecule has 0 saturated heterocycles. The first kappa shape index (κ1) is 15.4. The largest absolute Gasteiger partial charge is 0.389 e. The van der Waals surface area contributed by atoms with Crippen molar-refractivity contribution in [3.8, 4) is 0 Å². The molecular weight excluding hydrogens is 282 g/mol. The summed E-state index contributed by atoms with van der Waals surface area (Å²) in [4.78, 5) is 4.79. The molecule has 0 aliphatic heterocycles. The Labute approximate surface area is 130 Å². The van der Waals surface area contributed by atoms with Crippen LogP contribution in [0, 0.1) is 13.8 Å². The van der Waals surface area contributed by atoms with Gasteiger partial charge < -0.3 is 11.1 Å². The molecule has 0 aliphatic rings. The van der Waals surface area contributed by atoms with Gasteiger partial charge in [0.15, 0.2) is 0 Å². The van der Waals surface area contributed by atoms with Crippen LogP contribution in [-0.2, 0) is 20.0 Å². The first-order valence-corrected chi connectivity index (χ1v) is 7.36. The van der Waals surface area contributed by atoms with Gasteiger partial charge in [-0.3, -0.25) is 9.67 Å². The fraction of sp³-hybridized carbons (Fsp3) is 0.400. The Balaban J connectivity index is 2.29. The maximum absolute atomic E-state index is 5.83. The van der Waals surface area contributed by atoms with Crippen molar-refractivity contribution in [1.82, 2.24) is 14.8 Å². The Hall–Kier alpha value is -1.95. The third-order valence-corrected chi connectivity index (χ3v) is 3.57. The second kappa shape index (κ2) is 6.22. The van der Waals surface area contributed by atoms with Gasteiger partial charge in [0.05, 0.1) is 11.3 Å². The van der Waals surface area contributed by atoms with Gasteiger partial charge in [0.25, 0.3) is 0 Å². The number of hydrogen-bond acceptors (Lipinski definition) is 4. The molecule has 2 aromatic rings. The minimum absolute atomic E-state index is 0.365. The number of nitrogens with two attached hydrogens (primary N) is 1. The van der Waals surface area contributed by atoms with Crippen LogP contribution in [0.3, 0.4) is 0 Å². The standard InChI is InChI=1S/C15H21N5S/c1-5-12-11(8-20(4)19-12)7-17-13-6-9(2)18-10(3)14(13)15(16)21/h6,8H,5,7H2,1-4H3,(H2,16,21)(H,17,18). The zero-order valence-corrected chi connectivity index (χ0v) is 13.7. The number of hydrogen-bond donors (Lipinski definition) is 2. The van der Waals surface area contributed by atoms with Crippen LogP contribution in [0.25, 0.3) is 0 Å². The normalized spacial score (nSPS) is 10.7. The van der Waals surface area contributed by atoms with Gasteiger partial charge in [-0.15, -0.1) is 0 Å². The number of nitrogens with one attached hydrogen (secondary N) is 1. The van der Waals surface area contributed by atoms with E-state index in [1.54, 1.807) is 0 Å². The van der Waals surface area contributed by atoms with Crippen molar-refractivity contribution in [2.24, 2.45) is 12.8 Å². The van der Waals surface area contributed by atoms with Crippen molar-refractivity contribution in [2.75, 3.05) is 5.32 Å². The number of rotatable bonds is 5. The van der Waals surface area contributed by atoms with Crippen LogP contribution in [0.5, 0.6) is 0 Å². The van der Waals surface area contributed by atoms with E-state index in [0.717, 1.165) is 34.8 Å². The van der Waals surface area contributed by atoms with Crippen molar-refractivity contribution in [1.29, 1.82) is 0 Å². The van der Waals surface area contributed by atoms with Gasteiger partial charge in [-0.05, 0) is 26.3 Å². The van der Waals surface area contributed by atoms with Crippen LogP contribution in [0.1, 0.15) is 35.1 Å². The molecule has 5 nitrogen and oxygen atoms in total. The van der Waals surface area contributed by atoms with E-state index in [1.165, 1.54) is 5.56 Å². The zero-order valence-electron chi connectivity index (χ0n) is 12.9. The van der Waals surface area contributed by atoms with Crippen molar-refractivity contribution in [3.63, 3.8) is 0 Å². The van der Waals surface area contributed by atoms with Gasteiger partial charge in [-0.1, -0.05) is 19.1 Å². The predicted octanol–water partition coefficient (Wildman–Crippen LogP) is 2.24. The predicted molar refractivity (Wildman–Crippen MR) is 89.5 cm³/mol. The van der Waals surface area contributed by atoms with Gasteiger partial charge in [0, 0.05) is 42.4 Å². The lowest BCUT2D eigenvalue weighted by atomic mass is 10.1. The lowest BCUT2D eigenvalue weighted by Crippen LogP contribution is -2.16. The molecule has 0 amide bonds. The Kier molecular flexibility index (Phi) is 4.57. The molecule has 0 aliphatic carbocycles. The minimum Gasteiger partial charge on any atom is -0.389 e. The van der Waals surface area contributed by atoms with Crippen LogP contribution in [0.2, 0.25) is 0 Å². The van der Waals surface area contributed by atoms with Crippen LogP contribution in [0.15, 0.2) is 12.3 Å². The van der Waals surface area contributed by atoms with E-state index in [4.69, 9.17) is 18.0 Å². The zero-order chi connectivity index (χ0) is 15.6. The summed E-state index contributed by atoms with van der Waals surface area (Å²) in [5.74, 6) is 0. The lowest BCUT2D eigenvalue weighted by molar-refractivity contribution is 0.746. The molecule has 2 aromatic heterocycles. The van der Waals surface area contributed by atoms with Gasteiger partial charge in [0.1, 0.15) is 4.99 Å². The molecule has 2 heterocycles. The van der Waals surface area contributed by atoms with Gasteiger partial charge in [-0.25, -0.2) is 0 Å². The lowest BCUT2D eigenvalue weighted by Gasteiger charge is -2.14. The Morgan fingerprint density at radius 2 is 2.14 bits per heavy atom. The highest BCUT2D eigenvalue weighted by atomic mass is 32.1. The second-order valence-corrected chi connectivity index (χ2v) is 5.56. The minimum atomic E-state index is 0.365. The Morgan fingerprint density at radius 3 is 2.76 bits per heavy atom. The summed E-state index contributed by atoms with van der Waals surface area (Å²) >= 11 is 5.15. The van der Waals surface area contributed by atoms with E-state index in [-0.39, 0.29) is 0 Å². The highest BCUT2D eigenvalue weighted by Crippen LogP contribution is 2.21. The molecule has 3 N–H and O–H groups in total. The van der Waals surface area contributed by atoms with E-state index in [0.29, 0.717) is 11.5 Å². The van der Waals surface area contributed by atoms with Crippen molar-refractivity contribution in [2.45, 2.75) is 33.7 Å².